The maximum Gasteiger partial charge on any atom is 0.343 e. The molecule has 0 bridgehead atoms. The molecule has 0 aliphatic heterocycles. The molecule has 4 heteroatoms. The molecule has 2 aromatic rings. The average Bonchev–Trinajstić information content (AvgIpc) is 3.22. The van der Waals surface area contributed by atoms with E-state index >= 15 is 0 Å². The van der Waals surface area contributed by atoms with E-state index in [0.29, 0.717) is 5.56 Å². The number of benzene rings is 2. The van der Waals surface area contributed by atoms with Gasteiger partial charge in [0.1, 0.15) is 17.6 Å². The number of unbranched alkanes of at least 4 members (excludes halogenated alkanes) is 2. The molecule has 1 saturated carbocycles. The quantitative estimate of drug-likeness (QED) is 0.311. The number of carbonyl (C=O) groups excluding carboxylic acids is 1. The fourth-order valence-corrected chi connectivity index (χ4v) is 3.86. The Morgan fingerprint density at radius 2 is 1.82 bits per heavy atom. The van der Waals surface area contributed by atoms with Gasteiger partial charge in [-0.25, -0.2) is 9.18 Å². The highest BCUT2D eigenvalue weighted by Gasteiger charge is 2.14. The average molecular weight is 379 g/mol. The zero-order chi connectivity index (χ0) is 19.8. The van der Waals surface area contributed by atoms with Crippen molar-refractivity contribution in [2.75, 3.05) is 0 Å². The first kappa shape index (κ1) is 20.1. The van der Waals surface area contributed by atoms with Crippen LogP contribution < -0.4 is 4.74 Å². The first-order chi connectivity index (χ1) is 13.7. The van der Waals surface area contributed by atoms with Crippen molar-refractivity contribution in [3.05, 3.63) is 65.0 Å². The minimum atomic E-state index is -0.698. The van der Waals surface area contributed by atoms with Gasteiger partial charge in [-0.2, -0.15) is 5.26 Å². The molecule has 0 radical (unpaired) electrons. The molecule has 3 rings (SSSR count). The zero-order valence-electron chi connectivity index (χ0n) is 16.1. The van der Waals surface area contributed by atoms with Gasteiger partial charge in [-0.15, -0.1) is 0 Å². The van der Waals surface area contributed by atoms with Gasteiger partial charge in [-0.1, -0.05) is 57.1 Å². The number of aryl methyl sites for hydroxylation is 1. The van der Waals surface area contributed by atoms with Crippen LogP contribution in [0.4, 0.5) is 4.39 Å². The molecule has 1 aliphatic rings. The first-order valence-corrected chi connectivity index (χ1v) is 10.2. The summed E-state index contributed by atoms with van der Waals surface area (Å²) in [6.07, 6.45) is 11.8. The van der Waals surface area contributed by atoms with Crippen LogP contribution in [-0.4, -0.2) is 5.97 Å². The third-order valence-corrected chi connectivity index (χ3v) is 5.51. The van der Waals surface area contributed by atoms with Crippen LogP contribution in [0.2, 0.25) is 0 Å². The van der Waals surface area contributed by atoms with Crippen molar-refractivity contribution in [3.8, 4) is 11.8 Å². The summed E-state index contributed by atoms with van der Waals surface area (Å²) in [5.74, 6) is -0.175. The van der Waals surface area contributed by atoms with Crippen molar-refractivity contribution in [1.82, 2.24) is 0 Å². The van der Waals surface area contributed by atoms with Gasteiger partial charge < -0.3 is 4.74 Å². The van der Waals surface area contributed by atoms with Crippen LogP contribution in [0.3, 0.4) is 0 Å². The summed E-state index contributed by atoms with van der Waals surface area (Å²) < 4.78 is 18.8. The monoisotopic (exact) mass is 379 g/mol. The summed E-state index contributed by atoms with van der Waals surface area (Å²) in [4.78, 5) is 12.2. The molecule has 0 saturated heterocycles. The van der Waals surface area contributed by atoms with Gasteiger partial charge in [-0.3, -0.25) is 0 Å². The lowest BCUT2D eigenvalue weighted by atomic mass is 9.98. The van der Waals surface area contributed by atoms with Gasteiger partial charge >= 0.3 is 5.97 Å². The topological polar surface area (TPSA) is 50.1 Å². The van der Waals surface area contributed by atoms with Crippen molar-refractivity contribution in [1.29, 1.82) is 5.26 Å². The predicted molar refractivity (Wildman–Crippen MR) is 107 cm³/mol. The SMILES string of the molecule is N#Cc1ccc(OC(=O)c2ccc(CCCCCC3CCCC3)cc2)cc1F. The molecule has 3 nitrogen and oxygen atoms in total. The van der Waals surface area contributed by atoms with E-state index in [4.69, 9.17) is 10.00 Å². The van der Waals surface area contributed by atoms with Crippen LogP contribution in [-0.2, 0) is 6.42 Å². The number of carbonyl (C=O) groups is 1. The molecule has 2 aromatic carbocycles. The molecular weight excluding hydrogens is 353 g/mol. The third kappa shape index (κ3) is 5.66. The van der Waals surface area contributed by atoms with Crippen molar-refractivity contribution >= 4 is 5.97 Å². The Labute approximate surface area is 166 Å². The summed E-state index contributed by atoms with van der Waals surface area (Å²) in [6, 6.07) is 12.9. The van der Waals surface area contributed by atoms with Crippen LogP contribution in [0.15, 0.2) is 42.5 Å². The maximum atomic E-state index is 13.6. The van der Waals surface area contributed by atoms with E-state index in [0.717, 1.165) is 18.4 Å². The molecule has 1 fully saturated rings. The Bertz CT molecular complexity index is 833. The molecule has 146 valence electrons. The first-order valence-electron chi connectivity index (χ1n) is 10.2. The second kappa shape index (κ2) is 10.0. The van der Waals surface area contributed by atoms with Crippen LogP contribution >= 0.6 is 0 Å². The van der Waals surface area contributed by atoms with E-state index < -0.39 is 11.8 Å². The van der Waals surface area contributed by atoms with Gasteiger partial charge in [0.15, 0.2) is 0 Å². The van der Waals surface area contributed by atoms with Crippen molar-refractivity contribution in [2.24, 2.45) is 5.92 Å². The molecular formula is C24H26FNO2. The molecule has 0 unspecified atom stereocenters. The standard InChI is InChI=1S/C24H26FNO2/c25-23-16-22(15-14-21(23)17-26)28-24(27)20-12-10-19(11-13-20)7-3-1-2-6-18-8-4-5-9-18/h10-16,18H,1-9H2. The van der Waals surface area contributed by atoms with Gasteiger partial charge in [0, 0.05) is 6.07 Å². The maximum absolute atomic E-state index is 13.6. The van der Waals surface area contributed by atoms with Gasteiger partial charge in [0.25, 0.3) is 0 Å². The minimum absolute atomic E-state index is 0.0765. The van der Waals surface area contributed by atoms with Crippen molar-refractivity contribution in [2.45, 2.75) is 57.8 Å². The molecule has 0 atom stereocenters. The van der Waals surface area contributed by atoms with Gasteiger partial charge in [0.2, 0.25) is 0 Å². The predicted octanol–water partition coefficient (Wildman–Crippen LogP) is 6.21. The van der Waals surface area contributed by atoms with Crippen LogP contribution in [0.25, 0.3) is 0 Å². The van der Waals surface area contributed by atoms with Gasteiger partial charge in [-0.05, 0) is 48.6 Å². The molecule has 0 amide bonds. The fourth-order valence-electron chi connectivity index (χ4n) is 3.86. The lowest BCUT2D eigenvalue weighted by Gasteiger charge is -2.08. The highest BCUT2D eigenvalue weighted by Crippen LogP contribution is 2.29. The largest absolute Gasteiger partial charge is 0.423 e. The molecule has 0 heterocycles. The zero-order valence-corrected chi connectivity index (χ0v) is 16.1. The molecule has 1 aliphatic carbocycles. The Kier molecular flexibility index (Phi) is 7.19. The normalized spacial score (nSPS) is 14.0. The van der Waals surface area contributed by atoms with E-state index in [1.807, 2.05) is 12.1 Å². The number of esters is 1. The number of nitriles is 1. The number of halogens is 1. The molecule has 28 heavy (non-hydrogen) atoms. The number of nitrogens with zero attached hydrogens (tertiary/aromatic N) is 1. The van der Waals surface area contributed by atoms with Crippen LogP contribution in [0, 0.1) is 23.1 Å². The fraction of sp³-hybridized carbons (Fsp3) is 0.417. The van der Waals surface area contributed by atoms with Crippen LogP contribution in [0.1, 0.15) is 72.9 Å². The van der Waals surface area contributed by atoms with Crippen molar-refractivity contribution in [3.63, 3.8) is 0 Å². The Morgan fingerprint density at radius 3 is 2.50 bits per heavy atom. The van der Waals surface area contributed by atoms with E-state index in [2.05, 4.69) is 0 Å². The summed E-state index contributed by atoms with van der Waals surface area (Å²) in [5.41, 5.74) is 1.56. The van der Waals surface area contributed by atoms with Crippen LogP contribution in [0.5, 0.6) is 5.75 Å². The summed E-state index contributed by atoms with van der Waals surface area (Å²) in [7, 11) is 0. The van der Waals surface area contributed by atoms with E-state index in [1.54, 1.807) is 18.2 Å². The number of rotatable bonds is 8. The minimum Gasteiger partial charge on any atom is -0.423 e. The van der Waals surface area contributed by atoms with E-state index in [1.165, 1.54) is 69.1 Å². The Balaban J connectivity index is 1.43. The summed E-state index contributed by atoms with van der Waals surface area (Å²) in [6.45, 7) is 0. The molecule has 0 N–H and O–H groups in total. The summed E-state index contributed by atoms with van der Waals surface area (Å²) in [5, 5.41) is 8.74. The highest BCUT2D eigenvalue weighted by atomic mass is 19.1. The summed E-state index contributed by atoms with van der Waals surface area (Å²) >= 11 is 0. The lowest BCUT2D eigenvalue weighted by Crippen LogP contribution is -2.08. The Morgan fingerprint density at radius 1 is 1.07 bits per heavy atom. The highest BCUT2D eigenvalue weighted by molar-refractivity contribution is 5.91. The number of ether oxygens (including phenoxy) is 1. The van der Waals surface area contributed by atoms with E-state index in [-0.39, 0.29) is 11.3 Å². The van der Waals surface area contributed by atoms with Crippen molar-refractivity contribution < 1.29 is 13.9 Å². The second-order valence-electron chi connectivity index (χ2n) is 7.59. The van der Waals surface area contributed by atoms with Gasteiger partial charge in [0.05, 0.1) is 11.1 Å². The number of hydrogen-bond acceptors (Lipinski definition) is 3. The number of hydrogen-bond donors (Lipinski definition) is 0. The van der Waals surface area contributed by atoms with E-state index in [9.17, 15) is 9.18 Å². The lowest BCUT2D eigenvalue weighted by molar-refractivity contribution is 0.0734. The molecule has 0 aromatic heterocycles. The second-order valence-corrected chi connectivity index (χ2v) is 7.59. The Hall–Kier alpha value is -2.67. The molecule has 0 spiro atoms. The smallest absolute Gasteiger partial charge is 0.343 e. The third-order valence-electron chi connectivity index (χ3n) is 5.51.